The van der Waals surface area contributed by atoms with Gasteiger partial charge in [-0.05, 0) is 48.4 Å². The van der Waals surface area contributed by atoms with E-state index >= 15 is 0 Å². The molecule has 0 fully saturated rings. The lowest BCUT2D eigenvalue weighted by Gasteiger charge is -2.16. The molecule has 7 nitrogen and oxygen atoms in total. The highest BCUT2D eigenvalue weighted by molar-refractivity contribution is 6.13. The van der Waals surface area contributed by atoms with Gasteiger partial charge in [-0.3, -0.25) is 4.79 Å². The fraction of sp³-hybridized carbons (Fsp3) is 0.261. The number of aromatic amines is 1. The lowest BCUT2D eigenvalue weighted by atomic mass is 9.97. The molecule has 0 amide bonds. The highest BCUT2D eigenvalue weighted by atomic mass is 16.5. The molecule has 7 heteroatoms. The molecule has 0 spiro atoms. The van der Waals surface area contributed by atoms with Crippen LogP contribution in [-0.2, 0) is 0 Å². The quantitative estimate of drug-likeness (QED) is 0.348. The zero-order valence-corrected chi connectivity index (χ0v) is 17.3. The number of aliphatic hydroxyl groups excluding tert-OH is 1. The lowest BCUT2D eigenvalue weighted by molar-refractivity contribution is 0.103. The summed E-state index contributed by atoms with van der Waals surface area (Å²) in [6, 6.07) is 12.8. The van der Waals surface area contributed by atoms with Crippen molar-refractivity contribution in [1.29, 1.82) is 0 Å². The molecule has 1 heterocycles. The molecule has 0 saturated heterocycles. The van der Waals surface area contributed by atoms with Gasteiger partial charge in [0, 0.05) is 41.9 Å². The van der Waals surface area contributed by atoms with Crippen LogP contribution in [0.4, 0.5) is 5.69 Å². The number of benzene rings is 2. The largest absolute Gasteiger partial charge is 0.493 e. The van der Waals surface area contributed by atoms with Gasteiger partial charge in [0.05, 0.1) is 21.3 Å². The van der Waals surface area contributed by atoms with Gasteiger partial charge >= 0.3 is 0 Å². The molecule has 0 saturated carbocycles. The van der Waals surface area contributed by atoms with Crippen LogP contribution >= 0.6 is 0 Å². The molecule has 0 atom stereocenters. The Bertz CT molecular complexity index is 974. The molecule has 0 unspecified atom stereocenters. The number of carbonyl (C=O) groups excluding carboxylic acids is 1. The predicted octanol–water partition coefficient (Wildman–Crippen LogP) is 3.73. The number of H-pyrrole nitrogens is 1. The summed E-state index contributed by atoms with van der Waals surface area (Å²) in [5.41, 5.74) is 3.42. The third-order valence-corrected chi connectivity index (χ3v) is 4.75. The molecule has 0 aliphatic heterocycles. The highest BCUT2D eigenvalue weighted by Crippen LogP contribution is 2.39. The minimum atomic E-state index is -0.186. The van der Waals surface area contributed by atoms with Crippen LogP contribution in [0, 0.1) is 0 Å². The number of aliphatic hydroxyl groups is 1. The summed E-state index contributed by atoms with van der Waals surface area (Å²) in [7, 11) is 4.55. The molecule has 0 aliphatic rings. The lowest BCUT2D eigenvalue weighted by Crippen LogP contribution is -2.11. The summed E-state index contributed by atoms with van der Waals surface area (Å²) in [5.74, 6) is 1.07. The summed E-state index contributed by atoms with van der Waals surface area (Å²) in [5, 5.41) is 12.3. The number of ether oxygens (including phenoxy) is 3. The number of carbonyl (C=O) groups is 1. The number of hydrogen-bond acceptors (Lipinski definition) is 6. The van der Waals surface area contributed by atoms with Crippen LogP contribution in [0.2, 0.25) is 0 Å². The van der Waals surface area contributed by atoms with E-state index in [1.54, 1.807) is 12.1 Å². The van der Waals surface area contributed by atoms with Crippen LogP contribution in [0.1, 0.15) is 22.3 Å². The summed E-state index contributed by atoms with van der Waals surface area (Å²) < 4.78 is 16.1. The first kappa shape index (κ1) is 21.3. The summed E-state index contributed by atoms with van der Waals surface area (Å²) >= 11 is 0. The maximum Gasteiger partial charge on any atom is 0.203 e. The molecular formula is C23H26N2O5. The summed E-state index contributed by atoms with van der Waals surface area (Å²) in [6.07, 6.45) is 2.42. The number of anilines is 1. The van der Waals surface area contributed by atoms with Crippen LogP contribution in [0.15, 0.2) is 48.7 Å². The SMILES string of the molecule is COc1cc(C(=O)c2cc(-c3ccc[nH]3)ccc2NCCCO)cc(OC)c1OC. The summed E-state index contributed by atoms with van der Waals surface area (Å²) in [6.45, 7) is 0.623. The Morgan fingerprint density at radius 2 is 1.77 bits per heavy atom. The third kappa shape index (κ3) is 4.41. The smallest absolute Gasteiger partial charge is 0.203 e. The van der Waals surface area contributed by atoms with Gasteiger partial charge in [-0.25, -0.2) is 0 Å². The first-order valence-electron chi connectivity index (χ1n) is 9.60. The van der Waals surface area contributed by atoms with Crippen molar-refractivity contribution in [2.24, 2.45) is 0 Å². The maximum atomic E-state index is 13.5. The Hall–Kier alpha value is -3.45. The minimum Gasteiger partial charge on any atom is -0.493 e. The molecule has 3 N–H and O–H groups in total. The Morgan fingerprint density at radius 3 is 2.33 bits per heavy atom. The molecule has 0 aliphatic carbocycles. The van der Waals surface area contributed by atoms with Gasteiger partial charge in [0.2, 0.25) is 5.75 Å². The van der Waals surface area contributed by atoms with Crippen LogP contribution in [0.3, 0.4) is 0 Å². The predicted molar refractivity (Wildman–Crippen MR) is 116 cm³/mol. The van der Waals surface area contributed by atoms with E-state index in [0.717, 1.165) is 11.3 Å². The average Bonchev–Trinajstić information content (AvgIpc) is 3.32. The topological polar surface area (TPSA) is 92.8 Å². The third-order valence-electron chi connectivity index (χ3n) is 4.75. The second-order valence-corrected chi connectivity index (χ2v) is 6.59. The van der Waals surface area contributed by atoms with Gasteiger partial charge in [-0.1, -0.05) is 6.07 Å². The van der Waals surface area contributed by atoms with Crippen LogP contribution in [0.5, 0.6) is 17.2 Å². The van der Waals surface area contributed by atoms with Crippen molar-refractivity contribution in [3.8, 4) is 28.5 Å². The Kier molecular flexibility index (Phi) is 6.98. The molecule has 0 bridgehead atoms. The number of aromatic nitrogens is 1. The molecule has 3 rings (SSSR count). The fourth-order valence-electron chi connectivity index (χ4n) is 3.23. The molecule has 1 aromatic heterocycles. The molecule has 30 heavy (non-hydrogen) atoms. The molecule has 0 radical (unpaired) electrons. The van der Waals surface area contributed by atoms with Crippen molar-refractivity contribution < 1.29 is 24.1 Å². The Balaban J connectivity index is 2.07. The molecule has 3 aromatic rings. The first-order valence-corrected chi connectivity index (χ1v) is 9.60. The monoisotopic (exact) mass is 410 g/mol. The van der Waals surface area contributed by atoms with Crippen LogP contribution in [0.25, 0.3) is 11.3 Å². The average molecular weight is 410 g/mol. The fourth-order valence-corrected chi connectivity index (χ4v) is 3.23. The number of ketones is 1. The second kappa shape index (κ2) is 9.84. The van der Waals surface area contributed by atoms with Gasteiger partial charge < -0.3 is 29.6 Å². The van der Waals surface area contributed by atoms with Gasteiger partial charge in [0.25, 0.3) is 0 Å². The zero-order valence-electron chi connectivity index (χ0n) is 17.3. The Morgan fingerprint density at radius 1 is 1.03 bits per heavy atom. The normalized spacial score (nSPS) is 10.5. The number of hydrogen-bond donors (Lipinski definition) is 3. The highest BCUT2D eigenvalue weighted by Gasteiger charge is 2.20. The van der Waals surface area contributed by atoms with E-state index in [0.29, 0.717) is 47.0 Å². The van der Waals surface area contributed by atoms with E-state index in [9.17, 15) is 4.79 Å². The van der Waals surface area contributed by atoms with E-state index in [2.05, 4.69) is 10.3 Å². The van der Waals surface area contributed by atoms with E-state index in [1.807, 2.05) is 36.5 Å². The van der Waals surface area contributed by atoms with E-state index < -0.39 is 0 Å². The van der Waals surface area contributed by atoms with Crippen molar-refractivity contribution in [2.45, 2.75) is 6.42 Å². The van der Waals surface area contributed by atoms with Crippen molar-refractivity contribution in [3.05, 3.63) is 59.8 Å². The zero-order chi connectivity index (χ0) is 21.5. The second-order valence-electron chi connectivity index (χ2n) is 6.59. The van der Waals surface area contributed by atoms with Crippen LogP contribution in [-0.4, -0.2) is 50.4 Å². The first-order chi connectivity index (χ1) is 14.6. The van der Waals surface area contributed by atoms with Crippen LogP contribution < -0.4 is 19.5 Å². The maximum absolute atomic E-state index is 13.5. The van der Waals surface area contributed by atoms with Gasteiger partial charge in [-0.2, -0.15) is 0 Å². The number of nitrogens with one attached hydrogen (secondary N) is 2. The molecular weight excluding hydrogens is 384 g/mol. The van der Waals surface area contributed by atoms with Crippen molar-refractivity contribution in [3.63, 3.8) is 0 Å². The Labute approximate surface area is 175 Å². The van der Waals surface area contributed by atoms with Crippen molar-refractivity contribution >= 4 is 11.5 Å². The summed E-state index contributed by atoms with van der Waals surface area (Å²) in [4.78, 5) is 16.7. The standard InChI is InChI=1S/C23H26N2O5/c1-28-20-13-16(14-21(29-2)23(20)30-3)22(27)17-12-15(18-6-4-9-24-18)7-8-19(17)25-10-5-11-26/h4,6-9,12-14,24-26H,5,10-11H2,1-3H3. The van der Waals surface area contributed by atoms with Gasteiger partial charge in [-0.15, -0.1) is 0 Å². The molecule has 158 valence electrons. The number of rotatable bonds is 10. The van der Waals surface area contributed by atoms with E-state index in [1.165, 1.54) is 21.3 Å². The minimum absolute atomic E-state index is 0.0731. The molecule has 2 aromatic carbocycles. The van der Waals surface area contributed by atoms with Crippen molar-refractivity contribution in [1.82, 2.24) is 4.98 Å². The van der Waals surface area contributed by atoms with Crippen molar-refractivity contribution in [2.75, 3.05) is 39.8 Å². The van der Waals surface area contributed by atoms with Gasteiger partial charge in [0.15, 0.2) is 17.3 Å². The van der Waals surface area contributed by atoms with E-state index in [4.69, 9.17) is 19.3 Å². The number of methoxy groups -OCH3 is 3. The van der Waals surface area contributed by atoms with E-state index in [-0.39, 0.29) is 12.4 Å². The van der Waals surface area contributed by atoms with Gasteiger partial charge in [0.1, 0.15) is 0 Å².